The van der Waals surface area contributed by atoms with Gasteiger partial charge < -0.3 is 15.0 Å². The molecule has 0 spiro atoms. The Balaban J connectivity index is 1.95. The molecule has 2 aromatic carbocycles. The minimum atomic E-state index is -0.831. The molecule has 2 aromatic rings. The maximum Gasteiger partial charge on any atom is 0.161 e. The van der Waals surface area contributed by atoms with Crippen molar-refractivity contribution in [3.8, 4) is 5.75 Å². The van der Waals surface area contributed by atoms with Crippen LogP contribution in [0.25, 0.3) is 0 Å². The molecule has 0 aromatic heterocycles. The molecule has 1 aliphatic rings. The van der Waals surface area contributed by atoms with Crippen LogP contribution in [0.4, 0.5) is 20.2 Å². The van der Waals surface area contributed by atoms with Crippen LogP contribution >= 0.6 is 0 Å². The van der Waals surface area contributed by atoms with Crippen LogP contribution in [0.1, 0.15) is 12.5 Å². The van der Waals surface area contributed by atoms with Crippen LogP contribution in [-0.2, 0) is 6.54 Å². The van der Waals surface area contributed by atoms with E-state index in [0.29, 0.717) is 24.5 Å². The maximum absolute atomic E-state index is 13.6. The molecular formula is C17H18F2N2O. The number of anilines is 2. The molecule has 3 rings (SSSR count). The van der Waals surface area contributed by atoms with E-state index in [1.54, 1.807) is 7.11 Å². The maximum atomic E-state index is 13.6. The highest BCUT2D eigenvalue weighted by Crippen LogP contribution is 2.34. The van der Waals surface area contributed by atoms with Gasteiger partial charge >= 0.3 is 0 Å². The molecule has 3 nitrogen and oxygen atoms in total. The van der Waals surface area contributed by atoms with Gasteiger partial charge in [0.05, 0.1) is 18.5 Å². The Morgan fingerprint density at radius 1 is 1.23 bits per heavy atom. The van der Waals surface area contributed by atoms with Gasteiger partial charge in [-0.05, 0) is 24.6 Å². The molecule has 1 heterocycles. The second-order valence-electron chi connectivity index (χ2n) is 5.49. The highest BCUT2D eigenvalue weighted by atomic mass is 19.2. The molecule has 0 saturated heterocycles. The van der Waals surface area contributed by atoms with E-state index in [1.807, 2.05) is 24.3 Å². The summed E-state index contributed by atoms with van der Waals surface area (Å²) in [5.41, 5.74) is 2.36. The number of hydrogen-bond acceptors (Lipinski definition) is 3. The van der Waals surface area contributed by atoms with Gasteiger partial charge in [-0.2, -0.15) is 0 Å². The van der Waals surface area contributed by atoms with Crippen molar-refractivity contribution in [3.05, 3.63) is 53.6 Å². The summed E-state index contributed by atoms with van der Waals surface area (Å²) in [6.07, 6.45) is 0. The lowest BCUT2D eigenvalue weighted by Crippen LogP contribution is -2.41. The molecule has 0 radical (unpaired) electrons. The summed E-state index contributed by atoms with van der Waals surface area (Å²) in [5, 5.41) is 3.15. The molecule has 22 heavy (non-hydrogen) atoms. The minimum Gasteiger partial charge on any atom is -0.497 e. The van der Waals surface area contributed by atoms with Crippen LogP contribution in [-0.4, -0.2) is 19.7 Å². The molecule has 1 N–H and O–H groups in total. The zero-order chi connectivity index (χ0) is 15.7. The molecule has 5 heteroatoms. The van der Waals surface area contributed by atoms with Crippen molar-refractivity contribution in [3.63, 3.8) is 0 Å². The third-order valence-corrected chi connectivity index (χ3v) is 3.96. The van der Waals surface area contributed by atoms with E-state index >= 15 is 0 Å². The Kier molecular flexibility index (Phi) is 3.88. The van der Waals surface area contributed by atoms with Crippen molar-refractivity contribution in [2.75, 3.05) is 23.9 Å². The largest absolute Gasteiger partial charge is 0.497 e. The minimum absolute atomic E-state index is 0.170. The van der Waals surface area contributed by atoms with Gasteiger partial charge in [0.2, 0.25) is 0 Å². The van der Waals surface area contributed by atoms with Gasteiger partial charge in [-0.3, -0.25) is 0 Å². The lowest BCUT2D eigenvalue weighted by Gasteiger charge is -2.38. The monoisotopic (exact) mass is 304 g/mol. The molecule has 1 unspecified atom stereocenters. The molecule has 1 atom stereocenters. The Hall–Kier alpha value is -2.30. The fourth-order valence-electron chi connectivity index (χ4n) is 2.73. The van der Waals surface area contributed by atoms with Gasteiger partial charge in [-0.1, -0.05) is 12.1 Å². The van der Waals surface area contributed by atoms with Crippen LogP contribution in [0.5, 0.6) is 5.75 Å². The molecule has 0 bridgehead atoms. The number of methoxy groups -OCH3 is 1. The van der Waals surface area contributed by atoms with Gasteiger partial charge in [-0.15, -0.1) is 0 Å². The van der Waals surface area contributed by atoms with Crippen LogP contribution in [0.15, 0.2) is 36.4 Å². The number of hydrogen-bond donors (Lipinski definition) is 1. The van der Waals surface area contributed by atoms with Gasteiger partial charge in [0.15, 0.2) is 11.6 Å². The summed E-state index contributed by atoms with van der Waals surface area (Å²) < 4.78 is 32.3. The third-order valence-electron chi connectivity index (χ3n) is 3.96. The van der Waals surface area contributed by atoms with E-state index in [1.165, 1.54) is 12.1 Å². The Bertz CT molecular complexity index is 690. The summed E-state index contributed by atoms with van der Waals surface area (Å²) in [6.45, 7) is 3.34. The fourth-order valence-corrected chi connectivity index (χ4v) is 2.73. The smallest absolute Gasteiger partial charge is 0.161 e. The van der Waals surface area contributed by atoms with Gasteiger partial charge in [0.25, 0.3) is 0 Å². The molecule has 0 fully saturated rings. The molecule has 0 saturated carbocycles. The lowest BCUT2D eigenvalue weighted by atomic mass is 10.1. The number of ether oxygens (including phenoxy) is 1. The zero-order valence-corrected chi connectivity index (χ0v) is 12.6. The number of benzene rings is 2. The number of nitrogens with one attached hydrogen (secondary N) is 1. The van der Waals surface area contributed by atoms with Crippen molar-refractivity contribution in [1.82, 2.24) is 0 Å². The van der Waals surface area contributed by atoms with E-state index in [2.05, 4.69) is 17.1 Å². The quantitative estimate of drug-likeness (QED) is 0.933. The highest BCUT2D eigenvalue weighted by molar-refractivity contribution is 5.73. The molecular weight excluding hydrogens is 286 g/mol. The summed E-state index contributed by atoms with van der Waals surface area (Å²) in [5.74, 6) is -0.877. The summed E-state index contributed by atoms with van der Waals surface area (Å²) in [6, 6.07) is 10.4. The lowest BCUT2D eigenvalue weighted by molar-refractivity contribution is 0.414. The fraction of sp³-hybridized carbons (Fsp3) is 0.294. The van der Waals surface area contributed by atoms with Crippen LogP contribution in [0.2, 0.25) is 0 Å². The highest BCUT2D eigenvalue weighted by Gasteiger charge is 2.25. The number of fused-ring (bicyclic) bond motifs is 1. The van der Waals surface area contributed by atoms with Crippen molar-refractivity contribution in [2.24, 2.45) is 0 Å². The first-order chi connectivity index (χ1) is 10.6. The first-order valence-electron chi connectivity index (χ1n) is 7.21. The molecule has 0 aliphatic carbocycles. The van der Waals surface area contributed by atoms with E-state index in [-0.39, 0.29) is 6.04 Å². The number of halogens is 2. The number of rotatable bonds is 3. The van der Waals surface area contributed by atoms with E-state index < -0.39 is 11.6 Å². The zero-order valence-electron chi connectivity index (χ0n) is 12.6. The van der Waals surface area contributed by atoms with Crippen LogP contribution in [0, 0.1) is 11.6 Å². The van der Waals surface area contributed by atoms with Crippen LogP contribution < -0.4 is 15.0 Å². The predicted octanol–water partition coefficient (Wildman–Crippen LogP) is 3.79. The molecule has 116 valence electrons. The van der Waals surface area contributed by atoms with Crippen molar-refractivity contribution in [1.29, 1.82) is 0 Å². The predicted molar refractivity (Wildman–Crippen MR) is 83.5 cm³/mol. The van der Waals surface area contributed by atoms with E-state index in [9.17, 15) is 8.78 Å². The molecule has 1 aliphatic heterocycles. The summed E-state index contributed by atoms with van der Waals surface area (Å²) in [7, 11) is 1.63. The topological polar surface area (TPSA) is 24.5 Å². The van der Waals surface area contributed by atoms with E-state index in [0.717, 1.165) is 11.3 Å². The second-order valence-corrected chi connectivity index (χ2v) is 5.49. The van der Waals surface area contributed by atoms with Crippen molar-refractivity contribution < 1.29 is 13.5 Å². The first-order valence-corrected chi connectivity index (χ1v) is 7.21. The van der Waals surface area contributed by atoms with Gasteiger partial charge in [-0.25, -0.2) is 8.78 Å². The Morgan fingerprint density at radius 3 is 2.77 bits per heavy atom. The number of nitrogens with zero attached hydrogens (tertiary/aromatic N) is 1. The van der Waals surface area contributed by atoms with Crippen molar-refractivity contribution in [2.45, 2.75) is 19.5 Å². The standard InChI is InChI=1S/C17H18F2N2O/c1-11-9-20-16-7-14(18)15(19)8-17(16)21(11)10-12-4-3-5-13(6-12)22-2/h3-8,11,20H,9-10H2,1-2H3. The summed E-state index contributed by atoms with van der Waals surface area (Å²) in [4.78, 5) is 2.07. The average molecular weight is 304 g/mol. The normalized spacial score (nSPS) is 16.9. The van der Waals surface area contributed by atoms with Gasteiger partial charge in [0.1, 0.15) is 5.75 Å². The first kappa shape index (κ1) is 14.6. The summed E-state index contributed by atoms with van der Waals surface area (Å²) >= 11 is 0. The Morgan fingerprint density at radius 2 is 2.00 bits per heavy atom. The molecule has 0 amide bonds. The van der Waals surface area contributed by atoms with Crippen molar-refractivity contribution >= 4 is 11.4 Å². The Labute approximate surface area is 128 Å². The van der Waals surface area contributed by atoms with Gasteiger partial charge in [0, 0.05) is 31.3 Å². The third kappa shape index (κ3) is 2.71. The SMILES string of the molecule is COc1cccc(CN2c3cc(F)c(F)cc3NCC2C)c1. The average Bonchev–Trinajstić information content (AvgIpc) is 2.52. The second kappa shape index (κ2) is 5.83. The van der Waals surface area contributed by atoms with Crippen LogP contribution in [0.3, 0.4) is 0 Å². The van der Waals surface area contributed by atoms with E-state index in [4.69, 9.17) is 4.74 Å².